The van der Waals surface area contributed by atoms with Gasteiger partial charge in [-0.2, -0.15) is 0 Å². The van der Waals surface area contributed by atoms with Crippen molar-refractivity contribution in [3.63, 3.8) is 0 Å². The lowest BCUT2D eigenvalue weighted by molar-refractivity contribution is -0.143. The predicted octanol–water partition coefficient (Wildman–Crippen LogP) is 2.42. The second kappa shape index (κ2) is 9.22. The molecular weight excluding hydrogens is 322 g/mol. The monoisotopic (exact) mass is 341 g/mol. The van der Waals surface area contributed by atoms with Crippen LogP contribution in [0, 0.1) is 5.92 Å². The molecule has 0 bridgehead atoms. The number of nitrogens with one attached hydrogen (secondary N) is 1. The first kappa shape index (κ1) is 18.2. The minimum Gasteiger partial charge on any atom is -0.481 e. The molecule has 25 heavy (non-hydrogen) atoms. The quantitative estimate of drug-likeness (QED) is 0.719. The van der Waals surface area contributed by atoms with Crippen molar-refractivity contribution in [2.24, 2.45) is 5.92 Å². The van der Waals surface area contributed by atoms with E-state index < -0.39 is 24.0 Å². The minimum atomic E-state index is -1.18. The molecule has 0 radical (unpaired) electrons. The molecule has 0 saturated carbocycles. The van der Waals surface area contributed by atoms with Gasteiger partial charge in [0.2, 0.25) is 0 Å². The van der Waals surface area contributed by atoms with Crippen molar-refractivity contribution in [2.45, 2.75) is 19.1 Å². The molecule has 6 heteroatoms. The van der Waals surface area contributed by atoms with Crippen molar-refractivity contribution in [3.05, 3.63) is 71.8 Å². The molecule has 0 aromatic heterocycles. The van der Waals surface area contributed by atoms with Crippen LogP contribution in [0.25, 0.3) is 0 Å². The molecule has 0 aliphatic carbocycles. The maximum absolute atomic E-state index is 11.9. The molecule has 0 aliphatic heterocycles. The molecule has 2 aromatic rings. The Morgan fingerprint density at radius 1 is 1.00 bits per heavy atom. The Hall–Kier alpha value is -3.15. The van der Waals surface area contributed by atoms with Crippen LogP contribution in [-0.2, 0) is 27.4 Å². The molecule has 2 N–H and O–H groups in total. The Labute approximate surface area is 145 Å². The average Bonchev–Trinajstić information content (AvgIpc) is 2.64. The maximum atomic E-state index is 11.9. The Morgan fingerprint density at radius 2 is 1.56 bits per heavy atom. The molecule has 2 atom stereocenters. The highest BCUT2D eigenvalue weighted by atomic mass is 16.5. The molecule has 130 valence electrons. The summed E-state index contributed by atoms with van der Waals surface area (Å²) in [6, 6.07) is 16.8. The lowest BCUT2D eigenvalue weighted by atomic mass is 9.93. The SMILES string of the molecule is O=C[C@@H](NC(=O)OCc1ccccc1)C(Cc1ccccc1)C(=O)O. The largest absolute Gasteiger partial charge is 0.481 e. The highest BCUT2D eigenvalue weighted by Crippen LogP contribution is 2.13. The second-order valence-electron chi connectivity index (χ2n) is 5.50. The van der Waals surface area contributed by atoms with E-state index in [2.05, 4.69) is 5.32 Å². The number of aliphatic carboxylic acids is 1. The number of carbonyl (C=O) groups is 3. The number of hydrogen-bond donors (Lipinski definition) is 2. The molecule has 2 rings (SSSR count). The average molecular weight is 341 g/mol. The molecule has 0 spiro atoms. The fourth-order valence-electron chi connectivity index (χ4n) is 2.37. The molecular formula is C19H19NO5. The van der Waals surface area contributed by atoms with E-state index in [1.54, 1.807) is 36.4 Å². The molecule has 2 aromatic carbocycles. The van der Waals surface area contributed by atoms with Crippen molar-refractivity contribution in [2.75, 3.05) is 0 Å². The van der Waals surface area contributed by atoms with E-state index in [9.17, 15) is 19.5 Å². The number of amides is 1. The summed E-state index contributed by atoms with van der Waals surface area (Å²) in [6.07, 6.45) is -0.287. The second-order valence-corrected chi connectivity index (χ2v) is 5.50. The van der Waals surface area contributed by atoms with Gasteiger partial charge in [-0.25, -0.2) is 4.79 Å². The Bertz CT molecular complexity index is 702. The minimum absolute atomic E-state index is 0.0364. The highest BCUT2D eigenvalue weighted by molar-refractivity contribution is 5.81. The van der Waals surface area contributed by atoms with Gasteiger partial charge in [0.05, 0.1) is 5.92 Å². The number of carbonyl (C=O) groups excluding carboxylic acids is 2. The van der Waals surface area contributed by atoms with Gasteiger partial charge in [-0.1, -0.05) is 60.7 Å². The zero-order valence-corrected chi connectivity index (χ0v) is 13.5. The summed E-state index contributed by atoms with van der Waals surface area (Å²) in [4.78, 5) is 34.7. The summed E-state index contributed by atoms with van der Waals surface area (Å²) in [5.41, 5.74) is 1.56. The van der Waals surface area contributed by atoms with Gasteiger partial charge in [0, 0.05) is 0 Å². The third kappa shape index (κ3) is 5.76. The van der Waals surface area contributed by atoms with Gasteiger partial charge < -0.3 is 20.0 Å². The van der Waals surface area contributed by atoms with Crippen LogP contribution in [0.3, 0.4) is 0 Å². The summed E-state index contributed by atoms with van der Waals surface area (Å²) < 4.78 is 5.04. The first-order valence-corrected chi connectivity index (χ1v) is 7.79. The van der Waals surface area contributed by atoms with E-state index in [4.69, 9.17) is 4.74 Å². The Balaban J connectivity index is 1.96. The van der Waals surface area contributed by atoms with Gasteiger partial charge in [-0.3, -0.25) is 4.79 Å². The van der Waals surface area contributed by atoms with E-state index >= 15 is 0 Å². The first-order valence-electron chi connectivity index (χ1n) is 7.79. The van der Waals surface area contributed by atoms with E-state index in [1.165, 1.54) is 0 Å². The lowest BCUT2D eigenvalue weighted by Crippen LogP contribution is -2.45. The summed E-state index contributed by atoms with van der Waals surface area (Å²) in [6.45, 7) is 0.0364. The standard InChI is InChI=1S/C19H19NO5/c21-12-17(16(18(22)23)11-14-7-3-1-4-8-14)20-19(24)25-13-15-9-5-2-6-10-15/h1-10,12,16-17H,11,13H2,(H,20,24)(H,22,23)/t16?,17-/m1/s1. The number of aldehydes is 1. The van der Waals surface area contributed by atoms with Crippen LogP contribution in [0.5, 0.6) is 0 Å². The van der Waals surface area contributed by atoms with Crippen molar-refractivity contribution in [1.82, 2.24) is 5.32 Å². The van der Waals surface area contributed by atoms with Gasteiger partial charge >= 0.3 is 12.1 Å². The third-order valence-corrected chi connectivity index (χ3v) is 3.69. The van der Waals surface area contributed by atoms with E-state index in [-0.39, 0.29) is 13.0 Å². The van der Waals surface area contributed by atoms with Crippen molar-refractivity contribution >= 4 is 18.3 Å². The van der Waals surface area contributed by atoms with Gasteiger partial charge in [0.25, 0.3) is 0 Å². The Kier molecular flexibility index (Phi) is 6.71. The summed E-state index contributed by atoms with van der Waals surface area (Å²) in [7, 11) is 0. The van der Waals surface area contributed by atoms with Gasteiger partial charge in [0.1, 0.15) is 18.9 Å². The van der Waals surface area contributed by atoms with Crippen LogP contribution in [0.2, 0.25) is 0 Å². The Morgan fingerprint density at radius 3 is 2.08 bits per heavy atom. The van der Waals surface area contributed by atoms with E-state index in [0.717, 1.165) is 11.1 Å². The molecule has 0 aliphatic rings. The van der Waals surface area contributed by atoms with E-state index in [1.807, 2.05) is 24.3 Å². The normalized spacial score (nSPS) is 12.6. The third-order valence-electron chi connectivity index (χ3n) is 3.69. The van der Waals surface area contributed by atoms with E-state index in [0.29, 0.717) is 6.29 Å². The number of alkyl carbamates (subject to hydrolysis) is 1. The van der Waals surface area contributed by atoms with Crippen LogP contribution >= 0.6 is 0 Å². The van der Waals surface area contributed by atoms with Gasteiger partial charge in [-0.15, -0.1) is 0 Å². The molecule has 6 nitrogen and oxygen atoms in total. The topological polar surface area (TPSA) is 92.7 Å². The summed E-state index contributed by atoms with van der Waals surface area (Å²) in [5, 5.41) is 11.7. The van der Waals surface area contributed by atoms with Crippen LogP contribution in [0.15, 0.2) is 60.7 Å². The van der Waals surface area contributed by atoms with Gasteiger partial charge in [0.15, 0.2) is 0 Å². The van der Waals surface area contributed by atoms with Gasteiger partial charge in [-0.05, 0) is 17.5 Å². The number of carboxylic acids is 1. The lowest BCUT2D eigenvalue weighted by Gasteiger charge is -2.20. The van der Waals surface area contributed by atoms with Crippen molar-refractivity contribution in [1.29, 1.82) is 0 Å². The fourth-order valence-corrected chi connectivity index (χ4v) is 2.37. The van der Waals surface area contributed by atoms with Crippen LogP contribution in [0.4, 0.5) is 4.79 Å². The molecule has 0 fully saturated rings. The summed E-state index contributed by atoms with van der Waals surface area (Å²) in [5.74, 6) is -2.24. The molecule has 1 amide bonds. The zero-order chi connectivity index (χ0) is 18.1. The molecule has 0 heterocycles. The molecule has 1 unspecified atom stereocenters. The first-order chi connectivity index (χ1) is 12.1. The van der Waals surface area contributed by atoms with Crippen LogP contribution in [-0.4, -0.2) is 29.5 Å². The number of rotatable bonds is 8. The number of hydrogen-bond acceptors (Lipinski definition) is 4. The van der Waals surface area contributed by atoms with Crippen molar-refractivity contribution < 1.29 is 24.2 Å². The summed E-state index contributed by atoms with van der Waals surface area (Å²) >= 11 is 0. The van der Waals surface area contributed by atoms with Crippen LogP contribution in [0.1, 0.15) is 11.1 Å². The number of carboxylic acid groups (broad SMARTS) is 1. The zero-order valence-electron chi connectivity index (χ0n) is 13.5. The van der Waals surface area contributed by atoms with Crippen molar-refractivity contribution in [3.8, 4) is 0 Å². The molecule has 0 saturated heterocycles. The number of benzene rings is 2. The smallest absolute Gasteiger partial charge is 0.408 e. The highest BCUT2D eigenvalue weighted by Gasteiger charge is 2.30. The van der Waals surface area contributed by atoms with Crippen LogP contribution < -0.4 is 5.32 Å². The predicted molar refractivity (Wildman–Crippen MR) is 90.9 cm³/mol. The number of ether oxygens (including phenoxy) is 1. The maximum Gasteiger partial charge on any atom is 0.408 e. The fraction of sp³-hybridized carbons (Fsp3) is 0.211.